The lowest BCUT2D eigenvalue weighted by Crippen LogP contribution is -2.30. The normalized spacial score (nSPS) is 13.9. The SMILES string of the molecule is CCCCCCCCCCCCCCCCCCC(=O)OC[C@H](COP(=O)(O)OC[C@@H](O)COP(=O)(O)OC[C@@H](COC(=O)CCCCCCCCCCCCC)OC(=O)CCCCCCCCCCCCCCC(C)C)OC(=O)CCCCCCCCCCCCCCCCC(C)C. The highest BCUT2D eigenvalue weighted by molar-refractivity contribution is 7.47. The fourth-order valence-corrected chi connectivity index (χ4v) is 13.9. The van der Waals surface area contributed by atoms with Gasteiger partial charge in [0.15, 0.2) is 12.2 Å². The quantitative estimate of drug-likeness (QED) is 0.0222. The molecule has 0 spiro atoms. The molecule has 0 saturated heterocycles. The van der Waals surface area contributed by atoms with Gasteiger partial charge in [-0.3, -0.25) is 37.3 Å². The molecule has 0 bridgehead atoms. The van der Waals surface area contributed by atoms with Crippen LogP contribution in [0.4, 0.5) is 0 Å². The van der Waals surface area contributed by atoms with Crippen molar-refractivity contribution in [2.24, 2.45) is 11.8 Å². The molecule has 0 saturated carbocycles. The zero-order valence-electron chi connectivity index (χ0n) is 64.8. The summed E-state index contributed by atoms with van der Waals surface area (Å²) < 4.78 is 68.7. The summed E-state index contributed by atoms with van der Waals surface area (Å²) in [5.74, 6) is -0.536. The summed E-state index contributed by atoms with van der Waals surface area (Å²) in [5.41, 5.74) is 0. The van der Waals surface area contributed by atoms with E-state index in [2.05, 4.69) is 41.5 Å². The second kappa shape index (κ2) is 71.7. The summed E-state index contributed by atoms with van der Waals surface area (Å²) >= 11 is 0. The van der Waals surface area contributed by atoms with E-state index >= 15 is 0 Å². The van der Waals surface area contributed by atoms with Crippen LogP contribution in [0.5, 0.6) is 0 Å². The molecule has 0 aromatic heterocycles. The second-order valence-electron chi connectivity index (χ2n) is 29.8. The number of unbranched alkanes of at least 4 members (excludes halogenated alkanes) is 49. The molecule has 3 N–H and O–H groups in total. The van der Waals surface area contributed by atoms with E-state index in [1.807, 2.05) is 0 Å². The second-order valence-corrected chi connectivity index (χ2v) is 32.7. The number of phosphoric acid groups is 2. The molecule has 0 aromatic carbocycles. The minimum Gasteiger partial charge on any atom is -0.462 e. The number of phosphoric ester groups is 2. The van der Waals surface area contributed by atoms with Crippen LogP contribution >= 0.6 is 15.6 Å². The maximum atomic E-state index is 13.1. The van der Waals surface area contributed by atoms with Crippen LogP contribution in [0.3, 0.4) is 0 Å². The molecule has 17 nitrogen and oxygen atoms in total. The molecule has 5 atom stereocenters. The van der Waals surface area contributed by atoms with Crippen molar-refractivity contribution in [3.8, 4) is 0 Å². The van der Waals surface area contributed by atoms with Crippen molar-refractivity contribution in [1.29, 1.82) is 0 Å². The molecular formula is C80H156O17P2. The first-order chi connectivity index (χ1) is 47.9. The Kier molecular flexibility index (Phi) is 70.3. The molecule has 0 aromatic rings. The van der Waals surface area contributed by atoms with E-state index in [0.717, 1.165) is 102 Å². The van der Waals surface area contributed by atoms with Crippen LogP contribution < -0.4 is 0 Å². The summed E-state index contributed by atoms with van der Waals surface area (Å²) in [6.07, 6.45) is 60.9. The Bertz CT molecular complexity index is 1910. The van der Waals surface area contributed by atoms with Gasteiger partial charge in [0, 0.05) is 25.7 Å². The number of hydrogen-bond acceptors (Lipinski definition) is 15. The van der Waals surface area contributed by atoms with Gasteiger partial charge in [0.2, 0.25) is 0 Å². The van der Waals surface area contributed by atoms with Gasteiger partial charge in [0.05, 0.1) is 26.4 Å². The Morgan fingerprint density at radius 3 is 0.687 bits per heavy atom. The van der Waals surface area contributed by atoms with Crippen molar-refractivity contribution in [1.82, 2.24) is 0 Å². The van der Waals surface area contributed by atoms with Crippen LogP contribution in [0.1, 0.15) is 420 Å². The summed E-state index contributed by atoms with van der Waals surface area (Å²) in [6.45, 7) is 9.66. The highest BCUT2D eigenvalue weighted by atomic mass is 31.2. The number of rotatable bonds is 79. The minimum atomic E-state index is -4.96. The molecule has 0 aliphatic rings. The average Bonchev–Trinajstić information content (AvgIpc) is 1.25. The first-order valence-electron chi connectivity index (χ1n) is 41.5. The van der Waals surface area contributed by atoms with Crippen molar-refractivity contribution in [2.45, 2.75) is 439 Å². The molecule has 0 fully saturated rings. The minimum absolute atomic E-state index is 0.107. The summed E-state index contributed by atoms with van der Waals surface area (Å²) in [4.78, 5) is 73.0. The molecule has 0 amide bonds. The van der Waals surface area contributed by atoms with E-state index in [-0.39, 0.29) is 25.7 Å². The van der Waals surface area contributed by atoms with Gasteiger partial charge in [-0.05, 0) is 37.5 Å². The number of carbonyl (C=O) groups is 4. The van der Waals surface area contributed by atoms with Crippen LogP contribution in [0.15, 0.2) is 0 Å². The maximum absolute atomic E-state index is 13.1. The number of aliphatic hydroxyl groups excluding tert-OH is 1. The Labute approximate surface area is 607 Å². The molecule has 0 heterocycles. The zero-order chi connectivity index (χ0) is 72.8. The fraction of sp³-hybridized carbons (Fsp3) is 0.950. The van der Waals surface area contributed by atoms with Crippen LogP contribution in [0.25, 0.3) is 0 Å². The summed E-state index contributed by atoms with van der Waals surface area (Å²) in [7, 11) is -9.92. The van der Waals surface area contributed by atoms with E-state index in [4.69, 9.17) is 37.0 Å². The number of carbonyl (C=O) groups excluding carboxylic acids is 4. The van der Waals surface area contributed by atoms with E-state index in [0.29, 0.717) is 25.7 Å². The van der Waals surface area contributed by atoms with Crippen molar-refractivity contribution in [3.05, 3.63) is 0 Å². The molecule has 0 aliphatic heterocycles. The van der Waals surface area contributed by atoms with Gasteiger partial charge >= 0.3 is 39.5 Å². The van der Waals surface area contributed by atoms with Gasteiger partial charge < -0.3 is 33.8 Å². The monoisotopic (exact) mass is 1450 g/mol. The number of hydrogen-bond donors (Lipinski definition) is 3. The van der Waals surface area contributed by atoms with E-state index in [1.165, 1.54) is 238 Å². The lowest BCUT2D eigenvalue weighted by molar-refractivity contribution is -0.161. The van der Waals surface area contributed by atoms with E-state index in [1.54, 1.807) is 0 Å². The first-order valence-corrected chi connectivity index (χ1v) is 44.5. The van der Waals surface area contributed by atoms with Gasteiger partial charge in [-0.15, -0.1) is 0 Å². The summed E-state index contributed by atoms with van der Waals surface area (Å²) in [5, 5.41) is 10.6. The predicted molar refractivity (Wildman–Crippen MR) is 405 cm³/mol. The Morgan fingerprint density at radius 1 is 0.273 bits per heavy atom. The van der Waals surface area contributed by atoms with Crippen molar-refractivity contribution in [3.63, 3.8) is 0 Å². The molecule has 0 aliphatic carbocycles. The van der Waals surface area contributed by atoms with Crippen LogP contribution in [0, 0.1) is 11.8 Å². The lowest BCUT2D eigenvalue weighted by Gasteiger charge is -2.21. The van der Waals surface area contributed by atoms with Crippen molar-refractivity contribution < 1.29 is 80.2 Å². The molecule has 0 radical (unpaired) electrons. The van der Waals surface area contributed by atoms with Crippen LogP contribution in [-0.4, -0.2) is 96.7 Å². The number of ether oxygens (including phenoxy) is 4. The average molecular weight is 1450 g/mol. The van der Waals surface area contributed by atoms with Gasteiger partial charge in [-0.1, -0.05) is 369 Å². The molecule has 2 unspecified atom stereocenters. The molecule has 99 heavy (non-hydrogen) atoms. The maximum Gasteiger partial charge on any atom is 0.472 e. The first kappa shape index (κ1) is 97.1. The highest BCUT2D eigenvalue weighted by Gasteiger charge is 2.30. The molecule has 0 rings (SSSR count). The van der Waals surface area contributed by atoms with E-state index < -0.39 is 97.5 Å². The van der Waals surface area contributed by atoms with Gasteiger partial charge in [0.25, 0.3) is 0 Å². The predicted octanol–water partition coefficient (Wildman–Crippen LogP) is 23.9. The number of esters is 4. The fourth-order valence-electron chi connectivity index (χ4n) is 12.4. The van der Waals surface area contributed by atoms with E-state index in [9.17, 15) is 43.2 Å². The molecule has 588 valence electrons. The third-order valence-electron chi connectivity index (χ3n) is 18.7. The van der Waals surface area contributed by atoms with Gasteiger partial charge in [-0.2, -0.15) is 0 Å². The highest BCUT2D eigenvalue weighted by Crippen LogP contribution is 2.45. The topological polar surface area (TPSA) is 237 Å². The van der Waals surface area contributed by atoms with Crippen molar-refractivity contribution in [2.75, 3.05) is 39.6 Å². The lowest BCUT2D eigenvalue weighted by atomic mass is 10.0. The smallest absolute Gasteiger partial charge is 0.462 e. The number of aliphatic hydroxyl groups is 1. The third-order valence-corrected chi connectivity index (χ3v) is 20.6. The standard InChI is InChI=1S/C80H156O17P2/c1-7-9-11-13-15-17-19-20-21-22-26-33-39-45-51-57-63-78(83)91-69-76(96-79(84)64-58-52-46-40-34-27-24-23-25-31-36-42-48-54-60-72(3)4)71-95-99(88,89)93-67-74(81)66-92-98(86,87)94-70-75(68-90-77(82)62-56-50-44-38-30-18-16-14-12-10-8-2)97-80(85)65-59-53-47-41-35-29-28-32-37-43-49-55-61-73(5)6/h72-76,81H,7-71H2,1-6H3,(H,86,87)(H,88,89)/t74-,75+,76+/m0/s1. The largest absolute Gasteiger partial charge is 0.472 e. The Balaban J connectivity index is 5.26. The van der Waals surface area contributed by atoms with Crippen molar-refractivity contribution >= 4 is 39.5 Å². The molecular weight excluding hydrogens is 1290 g/mol. The molecule has 19 heteroatoms. The van der Waals surface area contributed by atoms with Crippen LogP contribution in [0.2, 0.25) is 0 Å². The summed E-state index contributed by atoms with van der Waals surface area (Å²) in [6, 6.07) is 0. The third kappa shape index (κ3) is 74.1. The Morgan fingerprint density at radius 2 is 0.465 bits per heavy atom. The zero-order valence-corrected chi connectivity index (χ0v) is 66.6. The van der Waals surface area contributed by atoms with Crippen LogP contribution in [-0.2, 0) is 65.4 Å². The van der Waals surface area contributed by atoms with Gasteiger partial charge in [0.1, 0.15) is 19.3 Å². The van der Waals surface area contributed by atoms with Gasteiger partial charge in [-0.25, -0.2) is 9.13 Å². The Hall–Kier alpha value is -1.94.